The standard InChI is InChI=1S/C8H15N.C2H2O4/c1-5-7-9(4)8(3)6-2;3-1(4)2(5)6/h1,8H,6-7H2,2-4H3;(H,3,4)(H,5,6). The molecule has 0 rings (SSSR count). The van der Waals surface area contributed by atoms with E-state index in [0.717, 1.165) is 13.0 Å². The minimum atomic E-state index is -1.82. The highest BCUT2D eigenvalue weighted by Crippen LogP contribution is 1.97. The predicted molar refractivity (Wildman–Crippen MR) is 56.5 cm³/mol. The summed E-state index contributed by atoms with van der Waals surface area (Å²) in [6.45, 7) is 5.10. The van der Waals surface area contributed by atoms with Crippen molar-refractivity contribution in [3.8, 4) is 12.3 Å². The molecule has 1 atom stereocenters. The first-order valence-corrected chi connectivity index (χ1v) is 4.46. The van der Waals surface area contributed by atoms with Gasteiger partial charge in [0.1, 0.15) is 0 Å². The smallest absolute Gasteiger partial charge is 0.414 e. The zero-order chi connectivity index (χ0) is 12.4. The van der Waals surface area contributed by atoms with Crippen molar-refractivity contribution in [3.05, 3.63) is 0 Å². The number of hydrogen-bond donors (Lipinski definition) is 2. The Hall–Kier alpha value is -1.54. The van der Waals surface area contributed by atoms with Gasteiger partial charge in [-0.25, -0.2) is 9.59 Å². The first-order chi connectivity index (χ1) is 6.86. The van der Waals surface area contributed by atoms with Crippen molar-refractivity contribution in [2.45, 2.75) is 26.3 Å². The Kier molecular flexibility index (Phi) is 9.58. The summed E-state index contributed by atoms with van der Waals surface area (Å²) in [4.78, 5) is 20.4. The van der Waals surface area contributed by atoms with Gasteiger partial charge >= 0.3 is 11.9 Å². The van der Waals surface area contributed by atoms with Crippen LogP contribution >= 0.6 is 0 Å². The van der Waals surface area contributed by atoms with E-state index in [4.69, 9.17) is 26.2 Å². The van der Waals surface area contributed by atoms with Gasteiger partial charge in [-0.05, 0) is 20.4 Å². The maximum atomic E-state index is 9.10. The molecule has 0 aromatic heterocycles. The summed E-state index contributed by atoms with van der Waals surface area (Å²) in [5.41, 5.74) is 0. The van der Waals surface area contributed by atoms with Crippen molar-refractivity contribution in [2.75, 3.05) is 13.6 Å². The Bertz CT molecular complexity index is 232. The first-order valence-electron chi connectivity index (χ1n) is 4.46. The van der Waals surface area contributed by atoms with Crippen LogP contribution in [0.1, 0.15) is 20.3 Å². The molecule has 86 valence electrons. The van der Waals surface area contributed by atoms with Gasteiger partial charge in [0.15, 0.2) is 0 Å². The molecule has 0 fully saturated rings. The lowest BCUT2D eigenvalue weighted by atomic mass is 10.2. The van der Waals surface area contributed by atoms with Crippen LogP contribution in [0, 0.1) is 12.3 Å². The van der Waals surface area contributed by atoms with Gasteiger partial charge in [0.25, 0.3) is 0 Å². The summed E-state index contributed by atoms with van der Waals surface area (Å²) < 4.78 is 0. The van der Waals surface area contributed by atoms with Crippen LogP contribution in [-0.2, 0) is 9.59 Å². The van der Waals surface area contributed by atoms with E-state index in [0.29, 0.717) is 6.04 Å². The normalized spacial score (nSPS) is 10.9. The van der Waals surface area contributed by atoms with Gasteiger partial charge in [-0.3, -0.25) is 4.90 Å². The summed E-state index contributed by atoms with van der Waals surface area (Å²) in [7, 11) is 2.05. The molecule has 5 nitrogen and oxygen atoms in total. The predicted octanol–water partition coefficient (Wildman–Crippen LogP) is 0.505. The average molecular weight is 215 g/mol. The Morgan fingerprint density at radius 1 is 1.40 bits per heavy atom. The number of terminal acetylenes is 1. The minimum absolute atomic E-state index is 0.612. The second-order valence-corrected chi connectivity index (χ2v) is 2.99. The van der Waals surface area contributed by atoms with Gasteiger partial charge < -0.3 is 10.2 Å². The van der Waals surface area contributed by atoms with Gasteiger partial charge in [0.05, 0.1) is 6.54 Å². The van der Waals surface area contributed by atoms with Crippen molar-refractivity contribution in [1.29, 1.82) is 0 Å². The number of carboxylic acids is 2. The maximum Gasteiger partial charge on any atom is 0.414 e. The van der Waals surface area contributed by atoms with Crippen molar-refractivity contribution in [3.63, 3.8) is 0 Å². The molecular weight excluding hydrogens is 198 g/mol. The van der Waals surface area contributed by atoms with Gasteiger partial charge in [-0.15, -0.1) is 6.42 Å². The zero-order valence-corrected chi connectivity index (χ0v) is 9.23. The molecule has 2 N–H and O–H groups in total. The SMILES string of the molecule is C#CCN(C)C(C)CC.O=C(O)C(=O)O. The molecule has 5 heteroatoms. The number of aliphatic carboxylic acids is 2. The molecule has 0 spiro atoms. The summed E-state index contributed by atoms with van der Waals surface area (Å²) in [6, 6.07) is 0.612. The van der Waals surface area contributed by atoms with Crippen LogP contribution in [0.2, 0.25) is 0 Å². The fraction of sp³-hybridized carbons (Fsp3) is 0.600. The van der Waals surface area contributed by atoms with E-state index in [1.54, 1.807) is 0 Å². The number of nitrogens with zero attached hydrogens (tertiary/aromatic N) is 1. The Morgan fingerprint density at radius 3 is 2.00 bits per heavy atom. The summed E-state index contributed by atoms with van der Waals surface area (Å²) >= 11 is 0. The van der Waals surface area contributed by atoms with Crippen LogP contribution in [0.5, 0.6) is 0 Å². The molecule has 0 aromatic carbocycles. The van der Waals surface area contributed by atoms with Crippen LogP contribution in [0.4, 0.5) is 0 Å². The van der Waals surface area contributed by atoms with Crippen molar-refractivity contribution in [1.82, 2.24) is 4.90 Å². The molecule has 0 aromatic rings. The number of carboxylic acid groups (broad SMARTS) is 2. The number of rotatable bonds is 3. The number of carbonyl (C=O) groups is 2. The van der Waals surface area contributed by atoms with E-state index >= 15 is 0 Å². The third-order valence-electron chi connectivity index (χ3n) is 1.87. The van der Waals surface area contributed by atoms with Crippen LogP contribution < -0.4 is 0 Å². The molecule has 0 aliphatic rings. The van der Waals surface area contributed by atoms with Crippen LogP contribution in [-0.4, -0.2) is 46.7 Å². The highest BCUT2D eigenvalue weighted by Gasteiger charge is 2.04. The Labute approximate surface area is 89.7 Å². The van der Waals surface area contributed by atoms with E-state index in [-0.39, 0.29) is 0 Å². The highest BCUT2D eigenvalue weighted by molar-refractivity contribution is 6.27. The molecule has 0 saturated heterocycles. The summed E-state index contributed by atoms with van der Waals surface area (Å²) in [6.07, 6.45) is 6.30. The Balaban J connectivity index is 0. The lowest BCUT2D eigenvalue weighted by molar-refractivity contribution is -0.159. The third-order valence-corrected chi connectivity index (χ3v) is 1.87. The van der Waals surface area contributed by atoms with Gasteiger partial charge in [0.2, 0.25) is 0 Å². The monoisotopic (exact) mass is 215 g/mol. The average Bonchev–Trinajstić information content (AvgIpc) is 2.17. The third kappa shape index (κ3) is 10.4. The van der Waals surface area contributed by atoms with Crippen LogP contribution in [0.25, 0.3) is 0 Å². The van der Waals surface area contributed by atoms with Crippen LogP contribution in [0.15, 0.2) is 0 Å². The minimum Gasteiger partial charge on any atom is -0.473 e. The molecule has 0 saturated carbocycles. The zero-order valence-electron chi connectivity index (χ0n) is 9.23. The molecule has 0 radical (unpaired) electrons. The molecular formula is C10H17NO4. The van der Waals surface area contributed by atoms with Gasteiger partial charge in [-0.2, -0.15) is 0 Å². The van der Waals surface area contributed by atoms with E-state index in [1.165, 1.54) is 0 Å². The van der Waals surface area contributed by atoms with Crippen molar-refractivity contribution in [2.24, 2.45) is 0 Å². The fourth-order valence-electron chi connectivity index (χ4n) is 0.612. The quantitative estimate of drug-likeness (QED) is 0.529. The van der Waals surface area contributed by atoms with Crippen molar-refractivity contribution < 1.29 is 19.8 Å². The molecule has 0 amide bonds. The maximum absolute atomic E-state index is 9.10. The first kappa shape index (κ1) is 15.9. The van der Waals surface area contributed by atoms with E-state index in [2.05, 4.69) is 24.7 Å². The number of hydrogen-bond acceptors (Lipinski definition) is 3. The van der Waals surface area contributed by atoms with Gasteiger partial charge in [-0.1, -0.05) is 12.8 Å². The molecule has 0 aliphatic carbocycles. The van der Waals surface area contributed by atoms with Gasteiger partial charge in [0, 0.05) is 6.04 Å². The van der Waals surface area contributed by atoms with E-state index < -0.39 is 11.9 Å². The molecule has 0 bridgehead atoms. The van der Waals surface area contributed by atoms with E-state index in [1.807, 2.05) is 7.05 Å². The molecule has 0 heterocycles. The largest absolute Gasteiger partial charge is 0.473 e. The van der Waals surface area contributed by atoms with Crippen molar-refractivity contribution >= 4 is 11.9 Å². The lowest BCUT2D eigenvalue weighted by Gasteiger charge is -2.20. The van der Waals surface area contributed by atoms with E-state index in [9.17, 15) is 0 Å². The summed E-state index contributed by atoms with van der Waals surface area (Å²) in [5, 5.41) is 14.8. The molecule has 1 unspecified atom stereocenters. The lowest BCUT2D eigenvalue weighted by Crippen LogP contribution is -2.28. The molecule has 0 aliphatic heterocycles. The second-order valence-electron chi connectivity index (χ2n) is 2.99. The summed E-state index contributed by atoms with van der Waals surface area (Å²) in [5.74, 6) is -1.04. The highest BCUT2D eigenvalue weighted by atomic mass is 16.4. The molecule has 15 heavy (non-hydrogen) atoms. The Morgan fingerprint density at radius 2 is 1.80 bits per heavy atom. The fourth-order valence-corrected chi connectivity index (χ4v) is 0.612. The topological polar surface area (TPSA) is 77.8 Å². The van der Waals surface area contributed by atoms with Crippen LogP contribution in [0.3, 0.4) is 0 Å². The second kappa shape index (κ2) is 9.03.